The summed E-state index contributed by atoms with van der Waals surface area (Å²) >= 11 is 0. The van der Waals surface area contributed by atoms with Gasteiger partial charge in [-0.25, -0.2) is 8.42 Å². The van der Waals surface area contributed by atoms with Crippen LogP contribution in [0.3, 0.4) is 0 Å². The summed E-state index contributed by atoms with van der Waals surface area (Å²) in [6.07, 6.45) is 2.05. The van der Waals surface area contributed by atoms with Crippen molar-refractivity contribution in [2.75, 3.05) is 37.7 Å². The molecule has 140 valence electrons. The molecule has 1 aromatic carbocycles. The SMILES string of the molecule is C/C(=C\C(=O)N1CCN(C(=O)[C@H]2CCS(=O)(=O)C2)CC1)c1ccccc1. The number of allylic oxidation sites excluding steroid dienone is 1. The van der Waals surface area contributed by atoms with E-state index < -0.39 is 15.8 Å². The third kappa shape index (κ3) is 4.33. The molecule has 2 aliphatic heterocycles. The molecule has 1 atom stereocenters. The predicted octanol–water partition coefficient (Wildman–Crippen LogP) is 1.20. The maximum Gasteiger partial charge on any atom is 0.246 e. The number of hydrogen-bond donors (Lipinski definition) is 0. The molecule has 1 aromatic rings. The van der Waals surface area contributed by atoms with Crippen molar-refractivity contribution in [3.8, 4) is 0 Å². The average Bonchev–Trinajstić information content (AvgIpc) is 3.01. The summed E-state index contributed by atoms with van der Waals surface area (Å²) in [5.41, 5.74) is 1.92. The van der Waals surface area contributed by atoms with Gasteiger partial charge in [0.25, 0.3) is 0 Å². The highest BCUT2D eigenvalue weighted by Crippen LogP contribution is 2.21. The lowest BCUT2D eigenvalue weighted by Gasteiger charge is -2.35. The lowest BCUT2D eigenvalue weighted by Crippen LogP contribution is -2.51. The van der Waals surface area contributed by atoms with Crippen LogP contribution in [0, 0.1) is 5.92 Å². The number of rotatable bonds is 3. The van der Waals surface area contributed by atoms with Crippen LogP contribution in [0.5, 0.6) is 0 Å². The molecule has 2 fully saturated rings. The number of carbonyl (C=O) groups excluding carboxylic acids is 2. The van der Waals surface area contributed by atoms with E-state index in [0.717, 1.165) is 11.1 Å². The monoisotopic (exact) mass is 376 g/mol. The minimum atomic E-state index is -3.06. The molecule has 26 heavy (non-hydrogen) atoms. The fourth-order valence-corrected chi connectivity index (χ4v) is 5.19. The van der Waals surface area contributed by atoms with E-state index in [4.69, 9.17) is 0 Å². The molecule has 2 amide bonds. The van der Waals surface area contributed by atoms with E-state index in [-0.39, 0.29) is 23.3 Å². The van der Waals surface area contributed by atoms with Crippen LogP contribution < -0.4 is 0 Å². The van der Waals surface area contributed by atoms with E-state index >= 15 is 0 Å². The molecular formula is C19H24N2O4S. The van der Waals surface area contributed by atoms with E-state index in [2.05, 4.69) is 0 Å². The van der Waals surface area contributed by atoms with Crippen molar-refractivity contribution in [1.29, 1.82) is 0 Å². The maximum absolute atomic E-state index is 12.5. The van der Waals surface area contributed by atoms with Crippen molar-refractivity contribution >= 4 is 27.2 Å². The van der Waals surface area contributed by atoms with Gasteiger partial charge in [0.2, 0.25) is 11.8 Å². The molecule has 0 aliphatic carbocycles. The Hall–Kier alpha value is -2.15. The number of carbonyl (C=O) groups is 2. The van der Waals surface area contributed by atoms with Crippen LogP contribution in [0.1, 0.15) is 18.9 Å². The highest BCUT2D eigenvalue weighted by Gasteiger charge is 2.36. The Balaban J connectivity index is 1.55. The quantitative estimate of drug-likeness (QED) is 0.743. The first-order valence-electron chi connectivity index (χ1n) is 8.87. The maximum atomic E-state index is 12.5. The Labute approximate surface area is 154 Å². The minimum Gasteiger partial charge on any atom is -0.339 e. The summed E-state index contributed by atoms with van der Waals surface area (Å²) in [5.74, 6) is -0.492. The zero-order valence-corrected chi connectivity index (χ0v) is 15.7. The number of piperazine rings is 1. The van der Waals surface area contributed by atoms with Gasteiger partial charge in [0, 0.05) is 32.3 Å². The van der Waals surface area contributed by atoms with Gasteiger partial charge in [0.05, 0.1) is 17.4 Å². The molecule has 2 saturated heterocycles. The van der Waals surface area contributed by atoms with Gasteiger partial charge in [-0.1, -0.05) is 30.3 Å². The normalized spacial score (nSPS) is 23.1. The van der Waals surface area contributed by atoms with Gasteiger partial charge in [-0.15, -0.1) is 0 Å². The summed E-state index contributed by atoms with van der Waals surface area (Å²) < 4.78 is 23.1. The first kappa shape index (κ1) is 18.6. The van der Waals surface area contributed by atoms with Crippen molar-refractivity contribution in [2.24, 2.45) is 5.92 Å². The van der Waals surface area contributed by atoms with Crippen molar-refractivity contribution in [1.82, 2.24) is 9.80 Å². The predicted molar refractivity (Wildman–Crippen MR) is 100 cm³/mol. The van der Waals surface area contributed by atoms with Gasteiger partial charge in [0.15, 0.2) is 9.84 Å². The Bertz CT molecular complexity index is 809. The first-order valence-corrected chi connectivity index (χ1v) is 10.7. The average molecular weight is 376 g/mol. The summed E-state index contributed by atoms with van der Waals surface area (Å²) in [7, 11) is -3.06. The van der Waals surface area contributed by atoms with Crippen LogP contribution >= 0.6 is 0 Å². The molecule has 2 aliphatic rings. The smallest absolute Gasteiger partial charge is 0.246 e. The van der Waals surface area contributed by atoms with Crippen LogP contribution in [-0.2, 0) is 19.4 Å². The van der Waals surface area contributed by atoms with Crippen LogP contribution in [0.4, 0.5) is 0 Å². The molecule has 7 heteroatoms. The van der Waals surface area contributed by atoms with Gasteiger partial charge in [-0.2, -0.15) is 0 Å². The molecule has 0 radical (unpaired) electrons. The molecule has 0 N–H and O–H groups in total. The first-order chi connectivity index (χ1) is 12.4. The van der Waals surface area contributed by atoms with Crippen LogP contribution in [0.2, 0.25) is 0 Å². The highest BCUT2D eigenvalue weighted by molar-refractivity contribution is 7.91. The van der Waals surface area contributed by atoms with Crippen LogP contribution in [-0.4, -0.2) is 67.7 Å². The Morgan fingerprint density at radius 2 is 1.65 bits per heavy atom. The van der Waals surface area contributed by atoms with E-state index in [9.17, 15) is 18.0 Å². The molecule has 6 nitrogen and oxygen atoms in total. The lowest BCUT2D eigenvalue weighted by molar-refractivity contribution is -0.139. The van der Waals surface area contributed by atoms with Crippen molar-refractivity contribution in [3.63, 3.8) is 0 Å². The van der Waals surface area contributed by atoms with Gasteiger partial charge >= 0.3 is 0 Å². The van der Waals surface area contributed by atoms with Gasteiger partial charge in [-0.3, -0.25) is 9.59 Å². The fraction of sp³-hybridized carbons (Fsp3) is 0.474. The van der Waals surface area contributed by atoms with Gasteiger partial charge in [0.1, 0.15) is 0 Å². The van der Waals surface area contributed by atoms with E-state index in [1.54, 1.807) is 15.9 Å². The topological polar surface area (TPSA) is 74.8 Å². The lowest BCUT2D eigenvalue weighted by atomic mass is 10.1. The second-order valence-corrected chi connectivity index (χ2v) is 9.17. The largest absolute Gasteiger partial charge is 0.339 e. The number of sulfone groups is 1. The molecule has 0 bridgehead atoms. The number of amides is 2. The molecule has 0 unspecified atom stereocenters. The van der Waals surface area contributed by atoms with Crippen molar-refractivity contribution in [3.05, 3.63) is 42.0 Å². The highest BCUT2D eigenvalue weighted by atomic mass is 32.2. The standard InChI is InChI=1S/C19H24N2O4S/c1-15(16-5-3-2-4-6-16)13-18(22)20-8-10-21(11-9-20)19(23)17-7-12-26(24,25)14-17/h2-6,13,17H,7-12,14H2,1H3/b15-13+/t17-/m0/s1. The summed E-state index contributed by atoms with van der Waals surface area (Å²) in [6, 6.07) is 9.73. The summed E-state index contributed by atoms with van der Waals surface area (Å²) in [5, 5.41) is 0. The molecule has 0 saturated carbocycles. The molecule has 0 aromatic heterocycles. The second kappa shape index (κ2) is 7.61. The minimum absolute atomic E-state index is 0.0377. The zero-order chi connectivity index (χ0) is 18.7. The third-order valence-electron chi connectivity index (χ3n) is 5.05. The summed E-state index contributed by atoms with van der Waals surface area (Å²) in [4.78, 5) is 28.4. The fourth-order valence-electron chi connectivity index (χ4n) is 3.46. The number of benzene rings is 1. The van der Waals surface area contributed by atoms with Gasteiger partial charge in [-0.05, 0) is 24.5 Å². The van der Waals surface area contributed by atoms with Crippen molar-refractivity contribution in [2.45, 2.75) is 13.3 Å². The van der Waals surface area contributed by atoms with E-state index in [1.807, 2.05) is 37.3 Å². The van der Waals surface area contributed by atoms with E-state index in [0.29, 0.717) is 32.6 Å². The van der Waals surface area contributed by atoms with E-state index in [1.165, 1.54) is 0 Å². The Morgan fingerprint density at radius 3 is 2.23 bits per heavy atom. The Morgan fingerprint density at radius 1 is 1.04 bits per heavy atom. The van der Waals surface area contributed by atoms with Crippen LogP contribution in [0.25, 0.3) is 5.57 Å². The Kier molecular flexibility index (Phi) is 5.46. The second-order valence-electron chi connectivity index (χ2n) is 6.94. The van der Waals surface area contributed by atoms with Crippen molar-refractivity contribution < 1.29 is 18.0 Å². The summed E-state index contributed by atoms with van der Waals surface area (Å²) in [6.45, 7) is 3.78. The zero-order valence-electron chi connectivity index (χ0n) is 14.9. The van der Waals surface area contributed by atoms with Crippen LogP contribution in [0.15, 0.2) is 36.4 Å². The number of hydrogen-bond acceptors (Lipinski definition) is 4. The molecule has 0 spiro atoms. The number of nitrogens with zero attached hydrogens (tertiary/aromatic N) is 2. The third-order valence-corrected chi connectivity index (χ3v) is 6.82. The molecule has 2 heterocycles. The molecule has 3 rings (SSSR count). The molecular weight excluding hydrogens is 352 g/mol. The van der Waals surface area contributed by atoms with Gasteiger partial charge < -0.3 is 9.80 Å².